The Balaban J connectivity index is 1.36. The van der Waals surface area contributed by atoms with E-state index in [0.717, 1.165) is 48.9 Å². The maximum absolute atomic E-state index is 12.0. The number of aromatic nitrogens is 1. The van der Waals surface area contributed by atoms with Crippen molar-refractivity contribution in [3.63, 3.8) is 0 Å². The van der Waals surface area contributed by atoms with Gasteiger partial charge in [-0.25, -0.2) is 0 Å². The number of nitrogens with zero attached hydrogens (tertiary/aromatic N) is 2. The Morgan fingerprint density at radius 3 is 2.52 bits per heavy atom. The zero-order valence-electron chi connectivity index (χ0n) is 18.2. The number of nitrogens with one attached hydrogen (secondary N) is 1. The molecule has 0 saturated carbocycles. The Kier molecular flexibility index (Phi) is 6.79. The summed E-state index contributed by atoms with van der Waals surface area (Å²) in [6.07, 6.45) is 4.37. The number of amides is 1. The Bertz CT molecular complexity index is 1020. The van der Waals surface area contributed by atoms with Crippen LogP contribution in [0.3, 0.4) is 0 Å². The molecule has 2 heterocycles. The predicted molar refractivity (Wildman–Crippen MR) is 128 cm³/mol. The largest absolute Gasteiger partial charge is 0.326 e. The summed E-state index contributed by atoms with van der Waals surface area (Å²) >= 11 is 6.04. The summed E-state index contributed by atoms with van der Waals surface area (Å²) in [6, 6.07) is 20.7. The van der Waals surface area contributed by atoms with Gasteiger partial charge in [0.05, 0.1) is 0 Å². The van der Waals surface area contributed by atoms with Gasteiger partial charge in [-0.1, -0.05) is 37.6 Å². The van der Waals surface area contributed by atoms with Crippen LogP contribution in [0.15, 0.2) is 66.9 Å². The molecule has 5 heteroatoms. The van der Waals surface area contributed by atoms with Gasteiger partial charge in [-0.05, 0) is 85.9 Å². The van der Waals surface area contributed by atoms with Crippen molar-refractivity contribution in [2.45, 2.75) is 39.2 Å². The van der Waals surface area contributed by atoms with Gasteiger partial charge in [0, 0.05) is 40.8 Å². The summed E-state index contributed by atoms with van der Waals surface area (Å²) in [5.41, 5.74) is 4.66. The van der Waals surface area contributed by atoms with Gasteiger partial charge in [-0.3, -0.25) is 9.69 Å². The fraction of sp³-hybridized carbons (Fsp3) is 0.346. The van der Waals surface area contributed by atoms with Gasteiger partial charge in [0.1, 0.15) is 0 Å². The number of likely N-dealkylation sites (tertiary alicyclic amines) is 1. The van der Waals surface area contributed by atoms with Crippen LogP contribution in [0.4, 0.5) is 5.69 Å². The minimum atomic E-state index is -0.0151. The van der Waals surface area contributed by atoms with Gasteiger partial charge in [0.25, 0.3) is 0 Å². The third-order valence-electron chi connectivity index (χ3n) is 6.06. The fourth-order valence-corrected chi connectivity index (χ4v) is 4.34. The number of halogens is 1. The van der Waals surface area contributed by atoms with Crippen LogP contribution >= 0.6 is 11.6 Å². The Morgan fingerprint density at radius 1 is 1.06 bits per heavy atom. The summed E-state index contributed by atoms with van der Waals surface area (Å²) in [5, 5.41) is 3.78. The van der Waals surface area contributed by atoms with Gasteiger partial charge in [0.2, 0.25) is 5.91 Å². The monoisotopic (exact) mass is 435 g/mol. The highest BCUT2D eigenvalue weighted by molar-refractivity contribution is 6.30. The van der Waals surface area contributed by atoms with Crippen LogP contribution in [0.2, 0.25) is 5.02 Å². The first kappa shape index (κ1) is 21.7. The first-order valence-corrected chi connectivity index (χ1v) is 11.4. The van der Waals surface area contributed by atoms with E-state index in [2.05, 4.69) is 63.4 Å². The highest BCUT2D eigenvalue weighted by Gasteiger charge is 2.22. The van der Waals surface area contributed by atoms with Gasteiger partial charge in [0.15, 0.2) is 0 Å². The fourth-order valence-electron chi connectivity index (χ4n) is 4.21. The highest BCUT2D eigenvalue weighted by atomic mass is 35.5. The number of hydrogen-bond donors (Lipinski definition) is 1. The van der Waals surface area contributed by atoms with E-state index in [1.165, 1.54) is 11.3 Å². The maximum Gasteiger partial charge on any atom is 0.226 e. The van der Waals surface area contributed by atoms with Crippen LogP contribution in [0, 0.1) is 5.92 Å². The van der Waals surface area contributed by atoms with E-state index >= 15 is 0 Å². The Morgan fingerprint density at radius 2 is 1.81 bits per heavy atom. The van der Waals surface area contributed by atoms with Gasteiger partial charge < -0.3 is 9.88 Å². The lowest BCUT2D eigenvalue weighted by Gasteiger charge is -2.32. The van der Waals surface area contributed by atoms with Crippen LogP contribution in [-0.4, -0.2) is 28.5 Å². The van der Waals surface area contributed by atoms with Gasteiger partial charge in [-0.2, -0.15) is 0 Å². The molecule has 2 aromatic carbocycles. The lowest BCUT2D eigenvalue weighted by Crippen LogP contribution is -2.33. The first-order valence-electron chi connectivity index (χ1n) is 11.0. The molecule has 1 saturated heterocycles. The zero-order chi connectivity index (χ0) is 21.8. The molecule has 1 fully saturated rings. The minimum Gasteiger partial charge on any atom is -0.326 e. The molecule has 4 nitrogen and oxygen atoms in total. The number of rotatable bonds is 6. The van der Waals surface area contributed by atoms with Crippen molar-refractivity contribution in [2.75, 3.05) is 18.4 Å². The van der Waals surface area contributed by atoms with E-state index in [4.69, 9.17) is 11.6 Å². The van der Waals surface area contributed by atoms with Crippen LogP contribution in [0.1, 0.15) is 43.9 Å². The third-order valence-corrected chi connectivity index (χ3v) is 6.31. The van der Waals surface area contributed by atoms with Crippen molar-refractivity contribution in [1.82, 2.24) is 9.47 Å². The number of benzene rings is 2. The smallest absolute Gasteiger partial charge is 0.226 e. The molecule has 31 heavy (non-hydrogen) atoms. The number of piperidine rings is 1. The molecule has 3 aromatic rings. The van der Waals surface area contributed by atoms with Crippen molar-refractivity contribution in [3.8, 4) is 5.69 Å². The van der Waals surface area contributed by atoms with E-state index in [0.29, 0.717) is 5.92 Å². The van der Waals surface area contributed by atoms with E-state index < -0.39 is 0 Å². The highest BCUT2D eigenvalue weighted by Crippen LogP contribution is 2.30. The lowest BCUT2D eigenvalue weighted by molar-refractivity contribution is -0.118. The second kappa shape index (κ2) is 9.71. The minimum absolute atomic E-state index is 0.0151. The number of hydrogen-bond acceptors (Lipinski definition) is 2. The normalized spacial score (nSPS) is 15.4. The standard InChI is InChI=1S/C26H30ClN3O/c1-19(2)26(31)28-23-6-3-5-21(17-23)20-12-15-29(16-13-20)18-25-7-4-14-30(25)24-10-8-22(27)9-11-24/h3-11,14,17,19-20H,12-13,15-16,18H2,1-2H3,(H,28,31). The van der Waals surface area contributed by atoms with Crippen LogP contribution in [0.25, 0.3) is 5.69 Å². The van der Waals surface area contributed by atoms with E-state index in [9.17, 15) is 4.79 Å². The van der Waals surface area contributed by atoms with Crippen molar-refractivity contribution < 1.29 is 4.79 Å². The Labute approximate surface area is 189 Å². The van der Waals surface area contributed by atoms with Crippen LogP contribution in [-0.2, 0) is 11.3 Å². The second-order valence-corrected chi connectivity index (χ2v) is 9.10. The van der Waals surface area contributed by atoms with Crippen LogP contribution in [0.5, 0.6) is 0 Å². The van der Waals surface area contributed by atoms with E-state index in [1.54, 1.807) is 0 Å². The molecule has 0 radical (unpaired) electrons. The predicted octanol–water partition coefficient (Wildman–Crippen LogP) is 6.10. The average Bonchev–Trinajstić information content (AvgIpc) is 3.23. The summed E-state index contributed by atoms with van der Waals surface area (Å²) < 4.78 is 2.24. The summed E-state index contributed by atoms with van der Waals surface area (Å²) in [4.78, 5) is 14.5. The molecule has 0 unspecified atom stereocenters. The van der Waals surface area contributed by atoms with Crippen molar-refractivity contribution in [1.29, 1.82) is 0 Å². The van der Waals surface area contributed by atoms with Crippen molar-refractivity contribution in [2.24, 2.45) is 5.92 Å². The maximum atomic E-state index is 12.0. The molecule has 1 N–H and O–H groups in total. The molecular formula is C26H30ClN3O. The molecule has 4 rings (SSSR count). The van der Waals surface area contributed by atoms with Crippen LogP contribution < -0.4 is 5.32 Å². The molecule has 162 valence electrons. The molecule has 1 amide bonds. The average molecular weight is 436 g/mol. The number of carbonyl (C=O) groups excluding carboxylic acids is 1. The topological polar surface area (TPSA) is 37.3 Å². The molecule has 1 aliphatic rings. The number of carbonyl (C=O) groups is 1. The van der Waals surface area contributed by atoms with Gasteiger partial charge >= 0.3 is 0 Å². The molecule has 1 aromatic heterocycles. The Hall–Kier alpha value is -2.56. The first-order chi connectivity index (χ1) is 15.0. The molecule has 0 atom stereocenters. The molecule has 0 bridgehead atoms. The molecule has 0 spiro atoms. The lowest BCUT2D eigenvalue weighted by atomic mass is 9.89. The van der Waals surface area contributed by atoms with Crippen molar-refractivity contribution >= 4 is 23.2 Å². The SMILES string of the molecule is CC(C)C(=O)Nc1cccc(C2CCN(Cc3cccn3-c3ccc(Cl)cc3)CC2)c1. The second-order valence-electron chi connectivity index (χ2n) is 8.67. The van der Waals surface area contributed by atoms with Gasteiger partial charge in [-0.15, -0.1) is 0 Å². The zero-order valence-corrected chi connectivity index (χ0v) is 19.0. The molecule has 0 aliphatic carbocycles. The van der Waals surface area contributed by atoms with E-state index in [1.807, 2.05) is 32.0 Å². The summed E-state index contributed by atoms with van der Waals surface area (Å²) in [6.45, 7) is 6.90. The molecular weight excluding hydrogens is 406 g/mol. The summed E-state index contributed by atoms with van der Waals surface area (Å²) in [5.74, 6) is 0.588. The number of anilines is 1. The van der Waals surface area contributed by atoms with E-state index in [-0.39, 0.29) is 11.8 Å². The third kappa shape index (κ3) is 5.38. The molecule has 1 aliphatic heterocycles. The van der Waals surface area contributed by atoms with Crippen molar-refractivity contribution in [3.05, 3.63) is 83.1 Å². The summed E-state index contributed by atoms with van der Waals surface area (Å²) in [7, 11) is 0. The quantitative estimate of drug-likeness (QED) is 0.507.